The van der Waals surface area contributed by atoms with Gasteiger partial charge in [-0.2, -0.15) is 4.98 Å². The first-order valence-electron chi connectivity index (χ1n) is 3.77. The second-order valence-electron chi connectivity index (χ2n) is 2.66. The number of nitrogens with zero attached hydrogens (tertiary/aromatic N) is 2. The van der Waals surface area contributed by atoms with Gasteiger partial charge in [-0.25, -0.2) is 0 Å². The van der Waals surface area contributed by atoms with Crippen molar-refractivity contribution in [1.82, 2.24) is 10.1 Å². The third-order valence-corrected chi connectivity index (χ3v) is 1.56. The molecule has 5 heteroatoms. The SMILES string of the molecule is CO[C@H](C)c1noc([C@@H](C)N)n1. The number of ether oxygens (including phenoxy) is 1. The van der Waals surface area contributed by atoms with Crippen LogP contribution in [0.5, 0.6) is 0 Å². The minimum Gasteiger partial charge on any atom is -0.374 e. The number of nitrogens with two attached hydrogens (primary N) is 1. The first kappa shape index (κ1) is 9.15. The van der Waals surface area contributed by atoms with Crippen LogP contribution in [-0.2, 0) is 4.74 Å². The average molecular weight is 171 g/mol. The Bertz CT molecular complexity index is 247. The monoisotopic (exact) mass is 171 g/mol. The van der Waals surface area contributed by atoms with Crippen molar-refractivity contribution in [2.45, 2.75) is 26.0 Å². The van der Waals surface area contributed by atoms with Gasteiger partial charge in [0.15, 0.2) is 5.82 Å². The molecular formula is C7H13N3O2. The summed E-state index contributed by atoms with van der Waals surface area (Å²) in [6, 6.07) is -0.227. The maximum absolute atomic E-state index is 5.53. The van der Waals surface area contributed by atoms with Crippen molar-refractivity contribution < 1.29 is 9.26 Å². The fourth-order valence-corrected chi connectivity index (χ4v) is 0.703. The summed E-state index contributed by atoms with van der Waals surface area (Å²) < 4.78 is 9.89. The van der Waals surface area contributed by atoms with Crippen LogP contribution in [0.1, 0.15) is 37.7 Å². The Kier molecular flexibility index (Phi) is 2.78. The Balaban J connectivity index is 2.77. The van der Waals surface area contributed by atoms with Crippen molar-refractivity contribution in [1.29, 1.82) is 0 Å². The molecular weight excluding hydrogens is 158 g/mol. The fourth-order valence-electron chi connectivity index (χ4n) is 0.703. The van der Waals surface area contributed by atoms with Crippen LogP contribution >= 0.6 is 0 Å². The lowest BCUT2D eigenvalue weighted by Gasteiger charge is -2.01. The third kappa shape index (κ3) is 1.80. The molecule has 1 heterocycles. The number of hydrogen-bond acceptors (Lipinski definition) is 5. The molecule has 68 valence electrons. The maximum Gasteiger partial charge on any atom is 0.243 e. The summed E-state index contributed by atoms with van der Waals surface area (Å²) >= 11 is 0. The van der Waals surface area contributed by atoms with Crippen LogP contribution in [0.3, 0.4) is 0 Å². The van der Waals surface area contributed by atoms with Crippen molar-refractivity contribution in [2.24, 2.45) is 5.73 Å². The molecule has 0 spiro atoms. The molecule has 0 aromatic carbocycles. The molecule has 5 nitrogen and oxygen atoms in total. The molecule has 1 aromatic heterocycles. The summed E-state index contributed by atoms with van der Waals surface area (Å²) in [6.45, 7) is 3.63. The van der Waals surface area contributed by atoms with E-state index in [-0.39, 0.29) is 12.1 Å². The minimum absolute atomic E-state index is 0.152. The zero-order valence-corrected chi connectivity index (χ0v) is 7.44. The molecule has 2 N–H and O–H groups in total. The lowest BCUT2D eigenvalue weighted by molar-refractivity contribution is 0.109. The van der Waals surface area contributed by atoms with E-state index < -0.39 is 0 Å². The van der Waals surface area contributed by atoms with Gasteiger partial charge in [-0.15, -0.1) is 0 Å². The standard InChI is InChI=1S/C7H13N3O2/c1-4(8)7-9-6(10-12-7)5(2)11-3/h4-5H,8H2,1-3H3/t4-,5-/m1/s1. The summed E-state index contributed by atoms with van der Waals surface area (Å²) in [7, 11) is 1.59. The van der Waals surface area contributed by atoms with E-state index in [9.17, 15) is 0 Å². The Morgan fingerprint density at radius 1 is 1.50 bits per heavy atom. The van der Waals surface area contributed by atoms with Crippen LogP contribution in [0.4, 0.5) is 0 Å². The predicted molar refractivity (Wildman–Crippen MR) is 42.3 cm³/mol. The second kappa shape index (κ2) is 3.64. The lowest BCUT2D eigenvalue weighted by atomic mass is 10.3. The highest BCUT2D eigenvalue weighted by molar-refractivity contribution is 4.92. The van der Waals surface area contributed by atoms with Crippen molar-refractivity contribution in [3.05, 3.63) is 11.7 Å². The Hall–Kier alpha value is -0.940. The molecule has 0 aliphatic carbocycles. The largest absolute Gasteiger partial charge is 0.374 e. The van der Waals surface area contributed by atoms with Crippen LogP contribution in [0.25, 0.3) is 0 Å². The van der Waals surface area contributed by atoms with Gasteiger partial charge in [0, 0.05) is 7.11 Å². The van der Waals surface area contributed by atoms with E-state index in [0.717, 1.165) is 0 Å². The van der Waals surface area contributed by atoms with Crippen LogP contribution < -0.4 is 5.73 Å². The zero-order chi connectivity index (χ0) is 9.14. The Labute approximate surface area is 70.9 Å². The van der Waals surface area contributed by atoms with Crippen molar-refractivity contribution in [2.75, 3.05) is 7.11 Å². The van der Waals surface area contributed by atoms with Crippen molar-refractivity contribution in [3.8, 4) is 0 Å². The summed E-state index contributed by atoms with van der Waals surface area (Å²) in [6.07, 6.45) is -0.152. The molecule has 0 radical (unpaired) electrons. The van der Waals surface area contributed by atoms with E-state index in [1.807, 2.05) is 6.92 Å². The van der Waals surface area contributed by atoms with Gasteiger partial charge in [-0.05, 0) is 13.8 Å². The van der Waals surface area contributed by atoms with Crippen molar-refractivity contribution >= 4 is 0 Å². The van der Waals surface area contributed by atoms with E-state index in [1.54, 1.807) is 14.0 Å². The highest BCUT2D eigenvalue weighted by Crippen LogP contribution is 2.13. The predicted octanol–water partition coefficient (Wildman–Crippen LogP) is 0.797. The quantitative estimate of drug-likeness (QED) is 0.728. The molecule has 0 bridgehead atoms. The van der Waals surface area contributed by atoms with Gasteiger partial charge in [-0.3, -0.25) is 0 Å². The molecule has 0 amide bonds. The Morgan fingerprint density at radius 2 is 2.17 bits per heavy atom. The Morgan fingerprint density at radius 3 is 2.58 bits per heavy atom. The van der Waals surface area contributed by atoms with Gasteiger partial charge in [0.2, 0.25) is 5.89 Å². The summed E-state index contributed by atoms with van der Waals surface area (Å²) in [5.41, 5.74) is 5.53. The van der Waals surface area contributed by atoms with Crippen LogP contribution in [-0.4, -0.2) is 17.3 Å². The molecule has 1 aromatic rings. The molecule has 0 saturated carbocycles. The molecule has 12 heavy (non-hydrogen) atoms. The van der Waals surface area contributed by atoms with E-state index in [2.05, 4.69) is 10.1 Å². The van der Waals surface area contributed by atoms with E-state index in [4.69, 9.17) is 15.0 Å². The van der Waals surface area contributed by atoms with Crippen LogP contribution in [0, 0.1) is 0 Å². The van der Waals surface area contributed by atoms with Crippen LogP contribution in [0.2, 0.25) is 0 Å². The third-order valence-electron chi connectivity index (χ3n) is 1.56. The molecule has 0 saturated heterocycles. The zero-order valence-electron chi connectivity index (χ0n) is 7.44. The number of methoxy groups -OCH3 is 1. The summed E-state index contributed by atoms with van der Waals surface area (Å²) in [5, 5.41) is 3.72. The second-order valence-corrected chi connectivity index (χ2v) is 2.66. The van der Waals surface area contributed by atoms with Gasteiger partial charge >= 0.3 is 0 Å². The normalized spacial score (nSPS) is 16.0. The number of rotatable bonds is 3. The lowest BCUT2D eigenvalue weighted by Crippen LogP contribution is -2.06. The summed E-state index contributed by atoms with van der Waals surface area (Å²) in [5.74, 6) is 0.971. The van der Waals surface area contributed by atoms with Gasteiger partial charge in [0.25, 0.3) is 0 Å². The first-order valence-corrected chi connectivity index (χ1v) is 3.77. The number of aromatic nitrogens is 2. The van der Waals surface area contributed by atoms with Gasteiger partial charge in [-0.1, -0.05) is 5.16 Å². The van der Waals surface area contributed by atoms with Gasteiger partial charge < -0.3 is 15.0 Å². The molecule has 0 aliphatic rings. The molecule has 0 fully saturated rings. The number of hydrogen-bond donors (Lipinski definition) is 1. The summed E-state index contributed by atoms with van der Waals surface area (Å²) in [4.78, 5) is 4.05. The maximum atomic E-state index is 5.53. The van der Waals surface area contributed by atoms with Gasteiger partial charge in [0.05, 0.1) is 6.04 Å². The van der Waals surface area contributed by atoms with Gasteiger partial charge in [0.1, 0.15) is 6.10 Å². The molecule has 0 unspecified atom stereocenters. The molecule has 2 atom stereocenters. The average Bonchev–Trinajstić information content (AvgIpc) is 2.51. The van der Waals surface area contributed by atoms with E-state index in [1.165, 1.54) is 0 Å². The van der Waals surface area contributed by atoms with E-state index >= 15 is 0 Å². The highest BCUT2D eigenvalue weighted by Gasteiger charge is 2.14. The highest BCUT2D eigenvalue weighted by atomic mass is 16.5. The fraction of sp³-hybridized carbons (Fsp3) is 0.714. The molecule has 0 aliphatic heterocycles. The van der Waals surface area contributed by atoms with Crippen molar-refractivity contribution in [3.63, 3.8) is 0 Å². The minimum atomic E-state index is -0.227. The van der Waals surface area contributed by atoms with Crippen LogP contribution in [0.15, 0.2) is 4.52 Å². The molecule has 1 rings (SSSR count). The smallest absolute Gasteiger partial charge is 0.243 e. The topological polar surface area (TPSA) is 74.2 Å². The van der Waals surface area contributed by atoms with E-state index in [0.29, 0.717) is 11.7 Å². The first-order chi connectivity index (χ1) is 5.65.